The number of hydrogen-bond donors (Lipinski definition) is 0. The number of amides is 1. The summed E-state index contributed by atoms with van der Waals surface area (Å²) >= 11 is 0. The molecule has 1 aliphatic heterocycles. The third-order valence-electron chi connectivity index (χ3n) is 3.73. The van der Waals surface area contributed by atoms with Gasteiger partial charge in [-0.1, -0.05) is 18.2 Å². The molecule has 1 unspecified atom stereocenters. The lowest BCUT2D eigenvalue weighted by Gasteiger charge is -2.25. The molecule has 1 atom stereocenters. The molecule has 0 radical (unpaired) electrons. The molecule has 1 saturated heterocycles. The zero-order chi connectivity index (χ0) is 16.2. The fourth-order valence-electron chi connectivity index (χ4n) is 2.39. The van der Waals surface area contributed by atoms with Crippen molar-refractivity contribution in [3.8, 4) is 0 Å². The molecule has 1 heterocycles. The maximum absolute atomic E-state index is 12.4. The van der Waals surface area contributed by atoms with Crippen LogP contribution in [0.2, 0.25) is 0 Å². The molecule has 1 aromatic rings. The summed E-state index contributed by atoms with van der Waals surface area (Å²) in [7, 11) is -1.81. The van der Waals surface area contributed by atoms with E-state index < -0.39 is 10.0 Å². The molecule has 1 amide bonds. The maximum Gasteiger partial charge on any atom is 0.242 e. The van der Waals surface area contributed by atoms with E-state index in [9.17, 15) is 13.2 Å². The van der Waals surface area contributed by atoms with Gasteiger partial charge in [-0.05, 0) is 25.0 Å². The van der Waals surface area contributed by atoms with E-state index in [0.29, 0.717) is 6.61 Å². The zero-order valence-corrected chi connectivity index (χ0v) is 13.8. The van der Waals surface area contributed by atoms with E-state index in [0.717, 1.165) is 24.8 Å². The molecule has 2 rings (SSSR count). The summed E-state index contributed by atoms with van der Waals surface area (Å²) in [6.45, 7) is 0.706. The number of carbonyl (C=O) groups excluding carboxylic acids is 1. The van der Waals surface area contributed by atoms with Crippen LogP contribution >= 0.6 is 0 Å². The van der Waals surface area contributed by atoms with Crippen molar-refractivity contribution in [2.75, 3.05) is 37.9 Å². The molecule has 7 heteroatoms. The highest BCUT2D eigenvalue weighted by atomic mass is 32.2. The summed E-state index contributed by atoms with van der Waals surface area (Å²) in [6.07, 6.45) is 2.76. The maximum atomic E-state index is 12.4. The molecule has 0 spiro atoms. The summed E-state index contributed by atoms with van der Waals surface area (Å²) in [5.41, 5.74) is 0.734. The number of nitrogens with zero attached hydrogens (tertiary/aromatic N) is 2. The molecule has 1 fully saturated rings. The van der Waals surface area contributed by atoms with E-state index in [-0.39, 0.29) is 25.1 Å². The van der Waals surface area contributed by atoms with Crippen molar-refractivity contribution in [1.29, 1.82) is 0 Å². The highest BCUT2D eigenvalue weighted by Crippen LogP contribution is 2.16. The molecule has 1 aliphatic rings. The second kappa shape index (κ2) is 7.21. The van der Waals surface area contributed by atoms with Gasteiger partial charge in [-0.3, -0.25) is 4.79 Å². The van der Waals surface area contributed by atoms with Crippen molar-refractivity contribution in [3.05, 3.63) is 30.3 Å². The molecule has 0 bridgehead atoms. The van der Waals surface area contributed by atoms with Gasteiger partial charge in [0.05, 0.1) is 18.9 Å². The third kappa shape index (κ3) is 4.53. The number of benzene rings is 1. The zero-order valence-electron chi connectivity index (χ0n) is 12.9. The summed E-state index contributed by atoms with van der Waals surface area (Å²) in [6, 6.07) is 9.15. The van der Waals surface area contributed by atoms with Crippen molar-refractivity contribution >= 4 is 21.6 Å². The molecule has 0 N–H and O–H groups in total. The molecule has 0 saturated carbocycles. The lowest BCUT2D eigenvalue weighted by molar-refractivity contribution is -0.118. The minimum Gasteiger partial charge on any atom is -0.377 e. The number of hydrogen-bond acceptors (Lipinski definition) is 4. The minimum atomic E-state index is -3.46. The number of rotatable bonds is 6. The summed E-state index contributed by atoms with van der Waals surface area (Å²) in [5.74, 6) is -0.269. The monoisotopic (exact) mass is 326 g/mol. The Hall–Kier alpha value is -1.44. The van der Waals surface area contributed by atoms with Crippen LogP contribution in [-0.4, -0.2) is 57.7 Å². The lowest BCUT2D eigenvalue weighted by atomic mass is 10.2. The number of likely N-dealkylation sites (N-methyl/N-ethyl adjacent to an activating group) is 1. The minimum absolute atomic E-state index is 0.121. The predicted molar refractivity (Wildman–Crippen MR) is 85.2 cm³/mol. The van der Waals surface area contributed by atoms with Crippen LogP contribution in [0.5, 0.6) is 0 Å². The molecule has 22 heavy (non-hydrogen) atoms. The fraction of sp³-hybridized carbons (Fsp3) is 0.533. The van der Waals surface area contributed by atoms with Gasteiger partial charge in [-0.25, -0.2) is 8.42 Å². The Morgan fingerprint density at radius 3 is 2.55 bits per heavy atom. The van der Waals surface area contributed by atoms with E-state index >= 15 is 0 Å². The Morgan fingerprint density at radius 1 is 1.32 bits per heavy atom. The van der Waals surface area contributed by atoms with Crippen molar-refractivity contribution in [1.82, 2.24) is 4.31 Å². The van der Waals surface area contributed by atoms with Crippen molar-refractivity contribution in [3.63, 3.8) is 0 Å². The number of ether oxygens (including phenoxy) is 1. The molecular weight excluding hydrogens is 304 g/mol. The summed E-state index contributed by atoms with van der Waals surface area (Å²) in [4.78, 5) is 13.8. The van der Waals surface area contributed by atoms with Crippen molar-refractivity contribution in [2.45, 2.75) is 18.9 Å². The smallest absolute Gasteiger partial charge is 0.242 e. The van der Waals surface area contributed by atoms with Gasteiger partial charge in [0.15, 0.2) is 0 Å². The average molecular weight is 326 g/mol. The van der Waals surface area contributed by atoms with Crippen LogP contribution < -0.4 is 4.90 Å². The Bertz CT molecular complexity index is 597. The Labute approximate surface area is 131 Å². The standard InChI is InChI=1S/C15H22N2O4S/c1-16(13-7-4-3-5-8-13)15(18)12-17(22(2,19)20)11-14-9-6-10-21-14/h3-5,7-8,14H,6,9-12H2,1-2H3. The third-order valence-corrected chi connectivity index (χ3v) is 4.95. The van der Waals surface area contributed by atoms with Gasteiger partial charge in [-0.15, -0.1) is 0 Å². The Kier molecular flexibility index (Phi) is 5.55. The van der Waals surface area contributed by atoms with Gasteiger partial charge in [0.1, 0.15) is 0 Å². The molecule has 1 aromatic carbocycles. The van der Waals surface area contributed by atoms with Gasteiger partial charge in [-0.2, -0.15) is 4.31 Å². The topological polar surface area (TPSA) is 66.9 Å². The van der Waals surface area contributed by atoms with Gasteiger partial charge < -0.3 is 9.64 Å². The molecule has 122 valence electrons. The van der Waals surface area contributed by atoms with Crippen LogP contribution in [0.3, 0.4) is 0 Å². The highest BCUT2D eigenvalue weighted by Gasteiger charge is 2.27. The first-order valence-corrected chi connectivity index (χ1v) is 9.11. The van der Waals surface area contributed by atoms with Crippen LogP contribution in [0.4, 0.5) is 5.69 Å². The first-order valence-electron chi connectivity index (χ1n) is 7.26. The number of carbonyl (C=O) groups is 1. The van der Waals surface area contributed by atoms with Crippen LogP contribution in [-0.2, 0) is 19.6 Å². The number of sulfonamides is 1. The van der Waals surface area contributed by atoms with Crippen molar-refractivity contribution in [2.24, 2.45) is 0 Å². The predicted octanol–water partition coefficient (Wildman–Crippen LogP) is 1.09. The van der Waals surface area contributed by atoms with Gasteiger partial charge in [0.2, 0.25) is 15.9 Å². The quantitative estimate of drug-likeness (QED) is 0.785. The Morgan fingerprint density at radius 2 is 2.00 bits per heavy atom. The van der Waals surface area contributed by atoms with Crippen LogP contribution in [0.1, 0.15) is 12.8 Å². The van der Waals surface area contributed by atoms with E-state index in [1.165, 1.54) is 9.21 Å². The lowest BCUT2D eigenvalue weighted by Crippen LogP contribution is -2.44. The van der Waals surface area contributed by atoms with Crippen LogP contribution in [0.25, 0.3) is 0 Å². The second-order valence-corrected chi connectivity index (χ2v) is 7.46. The first-order chi connectivity index (χ1) is 10.4. The molecule has 0 aromatic heterocycles. The van der Waals surface area contributed by atoms with Gasteiger partial charge in [0, 0.05) is 25.9 Å². The largest absolute Gasteiger partial charge is 0.377 e. The second-order valence-electron chi connectivity index (χ2n) is 5.48. The van der Waals surface area contributed by atoms with E-state index in [2.05, 4.69) is 0 Å². The van der Waals surface area contributed by atoms with Crippen molar-refractivity contribution < 1.29 is 17.9 Å². The van der Waals surface area contributed by atoms with Gasteiger partial charge in [0.25, 0.3) is 0 Å². The van der Waals surface area contributed by atoms with E-state index in [1.54, 1.807) is 7.05 Å². The van der Waals surface area contributed by atoms with E-state index in [4.69, 9.17) is 4.74 Å². The molecule has 0 aliphatic carbocycles. The van der Waals surface area contributed by atoms with Gasteiger partial charge >= 0.3 is 0 Å². The number of anilines is 1. The molecular formula is C15H22N2O4S. The van der Waals surface area contributed by atoms with Crippen LogP contribution in [0.15, 0.2) is 30.3 Å². The summed E-state index contributed by atoms with van der Waals surface area (Å²) < 4.78 is 30.5. The highest BCUT2D eigenvalue weighted by molar-refractivity contribution is 7.88. The fourth-order valence-corrected chi connectivity index (χ4v) is 3.17. The van der Waals surface area contributed by atoms with E-state index in [1.807, 2.05) is 30.3 Å². The van der Waals surface area contributed by atoms with Crippen LogP contribution in [0, 0.1) is 0 Å². The summed E-state index contributed by atoms with van der Waals surface area (Å²) in [5, 5.41) is 0. The number of para-hydroxylation sites is 1. The SMILES string of the molecule is CN(C(=O)CN(CC1CCCO1)S(C)(=O)=O)c1ccccc1. The molecule has 6 nitrogen and oxygen atoms in total. The normalized spacial score (nSPS) is 18.6. The first kappa shape index (κ1) is 16.9. The average Bonchev–Trinajstić information content (AvgIpc) is 2.98. The Balaban J connectivity index is 2.04.